The molecule has 0 bridgehead atoms. The highest BCUT2D eigenvalue weighted by Gasteiger charge is 2.26. The van der Waals surface area contributed by atoms with E-state index in [0.717, 1.165) is 36.0 Å². The average molecular weight is 415 g/mol. The molecule has 30 heavy (non-hydrogen) atoms. The van der Waals surface area contributed by atoms with Crippen molar-refractivity contribution >= 4 is 33.1 Å². The number of thiazole rings is 1. The molecule has 1 aliphatic rings. The molecule has 1 fully saturated rings. The van der Waals surface area contributed by atoms with Gasteiger partial charge in [-0.2, -0.15) is 5.26 Å². The number of rotatable bonds is 5. The summed E-state index contributed by atoms with van der Waals surface area (Å²) >= 11 is 1.61. The minimum Gasteiger partial charge on any atom is -0.357 e. The molecular weight excluding hydrogens is 392 g/mol. The predicted molar refractivity (Wildman–Crippen MR) is 120 cm³/mol. The van der Waals surface area contributed by atoms with Gasteiger partial charge in [0, 0.05) is 23.1 Å². The number of aromatic amines is 1. The number of nitrogens with one attached hydrogen (secondary N) is 2. The number of aromatic nitrogens is 3. The van der Waals surface area contributed by atoms with E-state index in [1.54, 1.807) is 23.6 Å². The van der Waals surface area contributed by atoms with Gasteiger partial charge in [-0.25, -0.2) is 9.97 Å². The molecule has 5 rings (SSSR count). The Hall–Kier alpha value is -3.21. The third-order valence-electron chi connectivity index (χ3n) is 5.57. The van der Waals surface area contributed by atoms with Crippen LogP contribution in [0.5, 0.6) is 0 Å². The summed E-state index contributed by atoms with van der Waals surface area (Å²) < 4.78 is 0. The van der Waals surface area contributed by atoms with Gasteiger partial charge in [-0.15, -0.1) is 11.3 Å². The number of para-hydroxylation sites is 1. The Bertz CT molecular complexity index is 1150. The number of nitriles is 1. The van der Waals surface area contributed by atoms with Gasteiger partial charge < -0.3 is 10.3 Å². The number of nitrogens with zero attached hydrogens (tertiary/aromatic N) is 4. The number of piperidine rings is 1. The van der Waals surface area contributed by atoms with Crippen molar-refractivity contribution in [3.8, 4) is 6.07 Å². The van der Waals surface area contributed by atoms with Gasteiger partial charge in [0.05, 0.1) is 23.6 Å². The maximum atomic E-state index is 8.89. The van der Waals surface area contributed by atoms with Crippen molar-refractivity contribution in [1.82, 2.24) is 19.9 Å². The fraction of sp³-hybridized carbons (Fsp3) is 0.261. The highest BCUT2D eigenvalue weighted by molar-refractivity contribution is 7.13. The molecule has 1 atom stereocenters. The number of likely N-dealkylation sites (tertiary alicyclic amines) is 1. The van der Waals surface area contributed by atoms with Crippen LogP contribution in [0.3, 0.4) is 0 Å². The summed E-state index contributed by atoms with van der Waals surface area (Å²) in [5.74, 6) is 0. The van der Waals surface area contributed by atoms with E-state index in [2.05, 4.69) is 55.9 Å². The van der Waals surface area contributed by atoms with Gasteiger partial charge in [-0.3, -0.25) is 4.90 Å². The summed E-state index contributed by atoms with van der Waals surface area (Å²) in [5.41, 5.74) is 4.82. The van der Waals surface area contributed by atoms with E-state index in [1.165, 1.54) is 29.4 Å². The van der Waals surface area contributed by atoms with Crippen molar-refractivity contribution in [3.63, 3.8) is 0 Å². The van der Waals surface area contributed by atoms with Gasteiger partial charge in [0.1, 0.15) is 11.8 Å². The molecule has 4 aromatic rings. The van der Waals surface area contributed by atoms with Crippen LogP contribution in [0.15, 0.2) is 54.0 Å². The first-order valence-corrected chi connectivity index (χ1v) is 11.1. The molecule has 1 aliphatic heterocycles. The normalized spacial score (nSPS) is 17.1. The number of H-pyrrole nitrogens is 1. The molecule has 0 spiro atoms. The largest absolute Gasteiger partial charge is 0.357 e. The molecule has 0 saturated carbocycles. The topological polar surface area (TPSA) is 80.6 Å². The SMILES string of the molecule is N#Cc1ccc(Nc2nc(C3CCCCN3Cc3cc4ccccc4[nH]3)cs2)cn1. The predicted octanol–water partition coefficient (Wildman–Crippen LogP) is 5.36. The molecule has 6 nitrogen and oxygen atoms in total. The van der Waals surface area contributed by atoms with Crippen LogP contribution in [0.2, 0.25) is 0 Å². The van der Waals surface area contributed by atoms with Crippen LogP contribution in [-0.2, 0) is 6.54 Å². The first-order valence-electron chi connectivity index (χ1n) is 10.2. The number of hydrogen-bond acceptors (Lipinski definition) is 6. The van der Waals surface area contributed by atoms with Crippen molar-refractivity contribution in [2.45, 2.75) is 31.8 Å². The highest BCUT2D eigenvalue weighted by Crippen LogP contribution is 2.34. The Morgan fingerprint density at radius 1 is 1.23 bits per heavy atom. The summed E-state index contributed by atoms with van der Waals surface area (Å²) in [7, 11) is 0. The van der Waals surface area contributed by atoms with Gasteiger partial charge in [0.25, 0.3) is 0 Å². The van der Waals surface area contributed by atoms with E-state index >= 15 is 0 Å². The van der Waals surface area contributed by atoms with E-state index in [-0.39, 0.29) is 0 Å². The monoisotopic (exact) mass is 414 g/mol. The van der Waals surface area contributed by atoms with Gasteiger partial charge in [0.15, 0.2) is 5.13 Å². The Balaban J connectivity index is 1.32. The lowest BCUT2D eigenvalue weighted by atomic mass is 10.00. The van der Waals surface area contributed by atoms with Crippen LogP contribution in [0, 0.1) is 11.3 Å². The van der Waals surface area contributed by atoms with Gasteiger partial charge in [-0.05, 0) is 49.0 Å². The summed E-state index contributed by atoms with van der Waals surface area (Å²) in [6, 6.07) is 16.6. The average Bonchev–Trinajstić information content (AvgIpc) is 3.41. The molecule has 1 aromatic carbocycles. The van der Waals surface area contributed by atoms with Crippen LogP contribution in [0.1, 0.15) is 42.4 Å². The van der Waals surface area contributed by atoms with Crippen molar-refractivity contribution in [1.29, 1.82) is 5.26 Å². The number of hydrogen-bond donors (Lipinski definition) is 2. The lowest BCUT2D eigenvalue weighted by Crippen LogP contribution is -2.33. The van der Waals surface area contributed by atoms with Gasteiger partial charge >= 0.3 is 0 Å². The zero-order valence-electron chi connectivity index (χ0n) is 16.5. The first kappa shape index (κ1) is 18.8. The molecule has 0 amide bonds. The van der Waals surface area contributed by atoms with E-state index in [0.29, 0.717) is 11.7 Å². The number of anilines is 2. The van der Waals surface area contributed by atoms with Crippen LogP contribution in [0.25, 0.3) is 10.9 Å². The minimum absolute atomic E-state index is 0.330. The fourth-order valence-corrected chi connectivity index (χ4v) is 4.88. The van der Waals surface area contributed by atoms with Crippen LogP contribution < -0.4 is 5.32 Å². The molecule has 150 valence electrons. The third kappa shape index (κ3) is 3.92. The van der Waals surface area contributed by atoms with Crippen molar-refractivity contribution < 1.29 is 0 Å². The fourth-order valence-electron chi connectivity index (χ4n) is 4.11. The van der Waals surface area contributed by atoms with E-state index in [1.807, 2.05) is 12.1 Å². The zero-order chi connectivity index (χ0) is 20.3. The Labute approximate surface area is 179 Å². The molecule has 4 heterocycles. The second kappa shape index (κ2) is 8.27. The van der Waals surface area contributed by atoms with Gasteiger partial charge in [-0.1, -0.05) is 24.6 Å². The van der Waals surface area contributed by atoms with E-state index in [9.17, 15) is 0 Å². The number of pyridine rings is 1. The second-order valence-electron chi connectivity index (χ2n) is 7.61. The second-order valence-corrected chi connectivity index (χ2v) is 8.47. The molecule has 1 saturated heterocycles. The van der Waals surface area contributed by atoms with Crippen molar-refractivity contribution in [2.75, 3.05) is 11.9 Å². The Kier molecular flexibility index (Phi) is 5.18. The van der Waals surface area contributed by atoms with E-state index in [4.69, 9.17) is 10.2 Å². The summed E-state index contributed by atoms with van der Waals surface area (Å²) in [6.07, 6.45) is 5.25. The Morgan fingerprint density at radius 2 is 2.17 bits per heavy atom. The van der Waals surface area contributed by atoms with Crippen LogP contribution >= 0.6 is 11.3 Å². The first-order chi connectivity index (χ1) is 14.8. The smallest absolute Gasteiger partial charge is 0.187 e. The molecular formula is C23H22N6S. The standard InChI is InChI=1S/C23H22N6S/c24-12-17-8-9-18(13-25-17)27-23-28-21(15-30-23)22-7-3-4-10-29(22)14-19-11-16-5-1-2-6-20(16)26-19/h1-2,5-6,8-9,11,13,15,22,26H,3-4,7,10,14H2,(H,27,28). The van der Waals surface area contributed by atoms with Crippen molar-refractivity contribution in [2.24, 2.45) is 0 Å². The highest BCUT2D eigenvalue weighted by atomic mass is 32.1. The molecule has 7 heteroatoms. The quantitative estimate of drug-likeness (QED) is 0.459. The number of benzene rings is 1. The number of fused-ring (bicyclic) bond motifs is 1. The molecule has 0 aliphatic carbocycles. The molecule has 3 aromatic heterocycles. The lowest BCUT2D eigenvalue weighted by molar-refractivity contribution is 0.136. The summed E-state index contributed by atoms with van der Waals surface area (Å²) in [6.45, 7) is 1.99. The Morgan fingerprint density at radius 3 is 3.00 bits per heavy atom. The van der Waals surface area contributed by atoms with Crippen LogP contribution in [-0.4, -0.2) is 26.4 Å². The molecule has 2 N–H and O–H groups in total. The molecule has 1 unspecified atom stereocenters. The van der Waals surface area contributed by atoms with Gasteiger partial charge in [0.2, 0.25) is 0 Å². The lowest BCUT2D eigenvalue weighted by Gasteiger charge is -2.34. The maximum absolute atomic E-state index is 8.89. The summed E-state index contributed by atoms with van der Waals surface area (Å²) in [4.78, 5) is 15.1. The van der Waals surface area contributed by atoms with Crippen LogP contribution in [0.4, 0.5) is 10.8 Å². The van der Waals surface area contributed by atoms with E-state index < -0.39 is 0 Å². The summed E-state index contributed by atoms with van der Waals surface area (Å²) in [5, 5.41) is 16.5. The third-order valence-corrected chi connectivity index (χ3v) is 6.34. The van der Waals surface area contributed by atoms with Crippen molar-refractivity contribution in [3.05, 3.63) is 71.1 Å². The minimum atomic E-state index is 0.330. The maximum Gasteiger partial charge on any atom is 0.187 e. The molecule has 0 radical (unpaired) electrons. The zero-order valence-corrected chi connectivity index (χ0v) is 17.3.